The molecule has 5 atom stereocenters. The molecular weight excluding hydrogens is 945 g/mol. The fourth-order valence-corrected chi connectivity index (χ4v) is 8.89. The number of ether oxygens (including phenoxy) is 8. The van der Waals surface area contributed by atoms with Crippen LogP contribution in [-0.2, 0) is 44.5 Å². The van der Waals surface area contributed by atoms with Gasteiger partial charge in [0, 0.05) is 55.1 Å². The molecule has 74 heavy (non-hydrogen) atoms. The highest BCUT2D eigenvalue weighted by atomic mass is 16.6. The van der Waals surface area contributed by atoms with E-state index in [-0.39, 0.29) is 61.4 Å². The number of hydrogen-bond acceptors (Lipinski definition) is 15. The molecule has 0 amide bonds. The highest BCUT2D eigenvalue weighted by molar-refractivity contribution is 5.97. The van der Waals surface area contributed by atoms with Crippen molar-refractivity contribution in [3.8, 4) is 17.2 Å². The molecule has 0 bridgehead atoms. The molecule has 1 saturated carbocycles. The van der Waals surface area contributed by atoms with E-state index in [1.165, 1.54) is 0 Å². The normalized spacial score (nSPS) is 18.4. The van der Waals surface area contributed by atoms with Crippen molar-refractivity contribution in [1.29, 1.82) is 0 Å². The van der Waals surface area contributed by atoms with Crippen molar-refractivity contribution in [3.63, 3.8) is 0 Å². The number of rotatable bonds is 27. The highest BCUT2D eigenvalue weighted by Gasteiger charge is 2.45. The third-order valence-corrected chi connectivity index (χ3v) is 12.0. The summed E-state index contributed by atoms with van der Waals surface area (Å²) in [7, 11) is 0. The fraction of sp³-hybridized carbons (Fsp3) is 0.339. The van der Waals surface area contributed by atoms with Crippen molar-refractivity contribution in [2.75, 3.05) is 33.0 Å². The second-order valence-electron chi connectivity index (χ2n) is 18.9. The standard InChI is InChI=1S/C59H64N2O13/c1-8-52(62)68-33-16-15-32-67-37-46(71-53(63)9-2)38-70-44-26-22-42(23-27-44)57(66)72-51-30-21-40(35-43(51)36-60-61-55-49-19-13-11-17-47(49)48-18-12-14-20-50(48)55)31-34-69-56(65)41-24-28-45(29-25-41)73-58(4,5)39-59(6,7)74-54(64)10-3/h8-14,17-30,35-36,46-50H,1-3,15-16,31-34,37-39H2,4-7H3/b60-36+,61-55?/t46?,47-,48?,49?,50?/m0/s1. The molecule has 15 nitrogen and oxygen atoms in total. The molecule has 6 rings (SSSR count). The maximum Gasteiger partial charge on any atom is 0.343 e. The summed E-state index contributed by atoms with van der Waals surface area (Å²) in [5.41, 5.74) is 1.28. The van der Waals surface area contributed by atoms with Gasteiger partial charge in [0.2, 0.25) is 0 Å². The maximum absolute atomic E-state index is 13.7. The molecule has 15 heteroatoms. The lowest BCUT2D eigenvalue weighted by molar-refractivity contribution is -0.154. The third-order valence-electron chi connectivity index (χ3n) is 12.0. The smallest absolute Gasteiger partial charge is 0.343 e. The first-order valence-electron chi connectivity index (χ1n) is 24.5. The molecule has 3 aromatic rings. The van der Waals surface area contributed by atoms with E-state index in [1.54, 1.807) is 80.7 Å². The van der Waals surface area contributed by atoms with E-state index in [0.29, 0.717) is 54.9 Å². The number of hydrogen-bond donors (Lipinski definition) is 0. The van der Waals surface area contributed by atoms with Crippen LogP contribution < -0.4 is 14.2 Å². The Balaban J connectivity index is 1.09. The zero-order valence-corrected chi connectivity index (χ0v) is 42.4. The summed E-state index contributed by atoms with van der Waals surface area (Å²) in [6.07, 6.45) is 23.0. The Morgan fingerprint density at radius 1 is 0.649 bits per heavy atom. The van der Waals surface area contributed by atoms with Crippen molar-refractivity contribution in [2.24, 2.45) is 33.9 Å². The number of benzene rings is 3. The van der Waals surface area contributed by atoms with Crippen molar-refractivity contribution in [3.05, 3.63) is 176 Å². The van der Waals surface area contributed by atoms with Crippen LogP contribution in [0.4, 0.5) is 0 Å². The van der Waals surface area contributed by atoms with Gasteiger partial charge in [0.25, 0.3) is 0 Å². The minimum Gasteiger partial charge on any atom is -0.490 e. The summed E-state index contributed by atoms with van der Waals surface area (Å²) < 4.78 is 45.3. The van der Waals surface area contributed by atoms with E-state index in [1.807, 2.05) is 32.1 Å². The monoisotopic (exact) mass is 1010 g/mol. The van der Waals surface area contributed by atoms with Gasteiger partial charge in [0.05, 0.1) is 42.9 Å². The molecule has 0 N–H and O–H groups in total. The van der Waals surface area contributed by atoms with E-state index in [9.17, 15) is 24.0 Å². The second kappa shape index (κ2) is 26.7. The van der Waals surface area contributed by atoms with Gasteiger partial charge in [-0.15, -0.1) is 0 Å². The molecule has 0 aliphatic heterocycles. The number of nitrogens with zero attached hydrogens (tertiary/aromatic N) is 2. The first-order valence-corrected chi connectivity index (χ1v) is 24.5. The fourth-order valence-electron chi connectivity index (χ4n) is 8.89. The number of unbranched alkanes of at least 4 members (excludes halogenated alkanes) is 1. The zero-order chi connectivity index (χ0) is 53.1. The highest BCUT2D eigenvalue weighted by Crippen LogP contribution is 2.45. The molecule has 0 radical (unpaired) electrons. The van der Waals surface area contributed by atoms with Crippen molar-refractivity contribution in [1.82, 2.24) is 0 Å². The molecule has 1 fully saturated rings. The molecule has 0 saturated heterocycles. The third kappa shape index (κ3) is 16.6. The van der Waals surface area contributed by atoms with Crippen LogP contribution in [0.1, 0.15) is 78.8 Å². The minimum absolute atomic E-state index is 0.0399. The number of esters is 5. The van der Waals surface area contributed by atoms with E-state index in [0.717, 1.165) is 29.5 Å². The summed E-state index contributed by atoms with van der Waals surface area (Å²) in [6, 6.07) is 18.2. The van der Waals surface area contributed by atoms with Gasteiger partial charge in [0.1, 0.15) is 35.1 Å². The molecule has 3 aliphatic carbocycles. The van der Waals surface area contributed by atoms with E-state index >= 15 is 0 Å². The molecular formula is C59H64N2O13. The lowest BCUT2D eigenvalue weighted by atomic mass is 9.83. The molecule has 0 aromatic heterocycles. The van der Waals surface area contributed by atoms with Gasteiger partial charge in [-0.2, -0.15) is 10.2 Å². The topological polar surface area (TPSA) is 184 Å². The van der Waals surface area contributed by atoms with Crippen LogP contribution in [0.3, 0.4) is 0 Å². The van der Waals surface area contributed by atoms with Gasteiger partial charge in [-0.1, -0.05) is 74.4 Å². The van der Waals surface area contributed by atoms with Gasteiger partial charge >= 0.3 is 29.8 Å². The average molecular weight is 1010 g/mol. The number of fused-ring (bicyclic) bond motifs is 3. The molecule has 3 aromatic carbocycles. The molecule has 0 heterocycles. The van der Waals surface area contributed by atoms with Gasteiger partial charge < -0.3 is 37.9 Å². The van der Waals surface area contributed by atoms with Crippen molar-refractivity contribution < 1.29 is 61.9 Å². The second-order valence-corrected chi connectivity index (χ2v) is 18.9. The Morgan fingerprint density at radius 2 is 1.26 bits per heavy atom. The number of allylic oxidation sites excluding steroid dienone is 8. The lowest BCUT2D eigenvalue weighted by Crippen LogP contribution is -2.40. The lowest BCUT2D eigenvalue weighted by Gasteiger charge is -2.34. The first kappa shape index (κ1) is 55.4. The van der Waals surface area contributed by atoms with Crippen molar-refractivity contribution >= 4 is 41.8 Å². The van der Waals surface area contributed by atoms with Crippen LogP contribution in [0.15, 0.2) is 164 Å². The van der Waals surface area contributed by atoms with Crippen LogP contribution in [-0.4, -0.2) is 92.1 Å². The Hall–Kier alpha value is -7.91. The summed E-state index contributed by atoms with van der Waals surface area (Å²) in [4.78, 5) is 61.9. The van der Waals surface area contributed by atoms with Gasteiger partial charge in [0.15, 0.2) is 6.10 Å². The summed E-state index contributed by atoms with van der Waals surface area (Å²) in [6.45, 7) is 18.3. The maximum atomic E-state index is 13.7. The van der Waals surface area contributed by atoms with Crippen LogP contribution in [0.25, 0.3) is 0 Å². The van der Waals surface area contributed by atoms with Crippen molar-refractivity contribution in [2.45, 2.75) is 70.7 Å². The van der Waals surface area contributed by atoms with Crippen LogP contribution in [0.2, 0.25) is 0 Å². The van der Waals surface area contributed by atoms with E-state index in [2.05, 4.69) is 61.3 Å². The minimum atomic E-state index is -0.805. The zero-order valence-electron chi connectivity index (χ0n) is 42.4. The van der Waals surface area contributed by atoms with Gasteiger partial charge in [-0.05, 0) is 119 Å². The average Bonchev–Trinajstić information content (AvgIpc) is 3.70. The Kier molecular flexibility index (Phi) is 20.0. The summed E-state index contributed by atoms with van der Waals surface area (Å²) in [5, 5.41) is 9.34. The quantitative estimate of drug-likeness (QED) is 0.0134. The number of carbonyl (C=O) groups excluding carboxylic acids is 5. The first-order chi connectivity index (χ1) is 35.6. The molecule has 388 valence electrons. The van der Waals surface area contributed by atoms with Crippen LogP contribution in [0.5, 0.6) is 17.2 Å². The Morgan fingerprint density at radius 3 is 1.91 bits per heavy atom. The van der Waals surface area contributed by atoms with Crippen LogP contribution >= 0.6 is 0 Å². The Labute approximate surface area is 432 Å². The largest absolute Gasteiger partial charge is 0.490 e. The van der Waals surface area contributed by atoms with E-state index < -0.39 is 47.2 Å². The van der Waals surface area contributed by atoms with Crippen LogP contribution in [0, 0.1) is 23.7 Å². The number of carbonyl (C=O) groups is 5. The van der Waals surface area contributed by atoms with E-state index in [4.69, 9.17) is 43.0 Å². The predicted octanol–water partition coefficient (Wildman–Crippen LogP) is 9.87. The molecule has 0 spiro atoms. The SMILES string of the molecule is C=CC(=O)OCCCCOCC(COc1ccc(C(=O)Oc2ccc(CCOC(=O)c3ccc(OC(C)(C)CC(C)(C)OC(=O)C=C)cc3)cc2/C=N/N=C2C3C=CC=CC3[C@@H]3C=CC=CC23)cc1)OC(=O)C=C. The summed E-state index contributed by atoms with van der Waals surface area (Å²) in [5.74, 6) is -0.901. The molecule has 3 aliphatic rings. The van der Waals surface area contributed by atoms with Gasteiger partial charge in [-0.3, -0.25) is 0 Å². The summed E-state index contributed by atoms with van der Waals surface area (Å²) >= 11 is 0. The Bertz CT molecular complexity index is 2650. The molecule has 4 unspecified atom stereocenters. The predicted molar refractivity (Wildman–Crippen MR) is 280 cm³/mol. The van der Waals surface area contributed by atoms with Gasteiger partial charge in [-0.25, -0.2) is 24.0 Å².